The Morgan fingerprint density at radius 1 is 1.29 bits per heavy atom. The summed E-state index contributed by atoms with van der Waals surface area (Å²) in [5, 5.41) is 21.2. The van der Waals surface area contributed by atoms with Gasteiger partial charge in [-0.15, -0.1) is 0 Å². The number of aromatic nitrogens is 1. The maximum absolute atomic E-state index is 12.1. The van der Waals surface area contributed by atoms with Crippen molar-refractivity contribution in [2.75, 3.05) is 16.8 Å². The number of rotatable bonds is 4. The number of thioether (sulfide) groups is 1. The van der Waals surface area contributed by atoms with Gasteiger partial charge in [0.25, 0.3) is 0 Å². The van der Waals surface area contributed by atoms with E-state index in [0.29, 0.717) is 5.03 Å². The summed E-state index contributed by atoms with van der Waals surface area (Å²) in [5.41, 5.74) is 8.90. The van der Waals surface area contributed by atoms with Gasteiger partial charge < -0.3 is 11.1 Å². The summed E-state index contributed by atoms with van der Waals surface area (Å²) in [6, 6.07) is 10.9. The van der Waals surface area contributed by atoms with E-state index in [1.54, 1.807) is 0 Å². The van der Waals surface area contributed by atoms with E-state index in [9.17, 15) is 4.79 Å². The normalized spacial score (nSPS) is 9.83. The third-order valence-electron chi connectivity index (χ3n) is 3.48. The Balaban J connectivity index is 2.10. The molecule has 0 saturated heterocycles. The Morgan fingerprint density at radius 2 is 2.00 bits per heavy atom. The van der Waals surface area contributed by atoms with E-state index in [-0.39, 0.29) is 28.6 Å². The summed E-state index contributed by atoms with van der Waals surface area (Å²) < 4.78 is 0. The van der Waals surface area contributed by atoms with E-state index in [4.69, 9.17) is 16.3 Å². The number of carbonyl (C=O) groups is 1. The number of hydrogen-bond acceptors (Lipinski definition) is 6. The van der Waals surface area contributed by atoms with E-state index < -0.39 is 0 Å². The van der Waals surface area contributed by atoms with Crippen molar-refractivity contribution in [1.82, 2.24) is 4.98 Å². The number of aryl methyl sites for hydroxylation is 1. The lowest BCUT2D eigenvalue weighted by atomic mass is 10.1. The first-order valence-corrected chi connectivity index (χ1v) is 8.04. The van der Waals surface area contributed by atoms with Gasteiger partial charge >= 0.3 is 0 Å². The van der Waals surface area contributed by atoms with Crippen molar-refractivity contribution in [2.45, 2.75) is 18.9 Å². The highest BCUT2D eigenvalue weighted by molar-refractivity contribution is 8.00. The van der Waals surface area contributed by atoms with E-state index >= 15 is 0 Å². The molecule has 0 unspecified atom stereocenters. The SMILES string of the molecule is Cc1cccc(NC(=O)CSc2nc(N)c(C#N)cc2C#N)c1C. The van der Waals surface area contributed by atoms with E-state index in [2.05, 4.69) is 10.3 Å². The van der Waals surface area contributed by atoms with E-state index in [1.165, 1.54) is 6.07 Å². The van der Waals surface area contributed by atoms with Gasteiger partial charge in [-0.3, -0.25) is 4.79 Å². The van der Waals surface area contributed by atoms with Gasteiger partial charge in [-0.2, -0.15) is 10.5 Å². The number of hydrogen-bond donors (Lipinski definition) is 2. The molecule has 0 aliphatic heterocycles. The quantitative estimate of drug-likeness (QED) is 0.829. The summed E-state index contributed by atoms with van der Waals surface area (Å²) in [4.78, 5) is 16.2. The zero-order valence-corrected chi connectivity index (χ0v) is 14.1. The maximum Gasteiger partial charge on any atom is 0.234 e. The Hall–Kier alpha value is -3.03. The number of nitrogens with zero attached hydrogens (tertiary/aromatic N) is 3. The Morgan fingerprint density at radius 3 is 2.67 bits per heavy atom. The van der Waals surface area contributed by atoms with Gasteiger partial charge in [0.05, 0.1) is 16.9 Å². The molecule has 0 radical (unpaired) electrons. The number of nitrogens with two attached hydrogens (primary N) is 1. The van der Waals surface area contributed by atoms with Crippen LogP contribution in [0.2, 0.25) is 0 Å². The molecule has 0 aliphatic carbocycles. The first kappa shape index (κ1) is 17.3. The standard InChI is InChI=1S/C17H15N5OS/c1-10-4-3-5-14(11(10)2)21-15(23)9-24-17-13(8-19)6-12(7-18)16(20)22-17/h3-6H,9H2,1-2H3,(H2,20,22)(H,21,23). The minimum atomic E-state index is -0.206. The number of nitrogens with one attached hydrogen (secondary N) is 1. The third kappa shape index (κ3) is 3.83. The van der Waals surface area contributed by atoms with Gasteiger partial charge in [0.1, 0.15) is 23.0 Å². The zero-order valence-electron chi connectivity index (χ0n) is 13.3. The van der Waals surface area contributed by atoms with Crippen LogP contribution in [0.25, 0.3) is 0 Å². The number of amides is 1. The molecule has 1 aromatic heterocycles. The lowest BCUT2D eigenvalue weighted by molar-refractivity contribution is -0.113. The summed E-state index contributed by atoms with van der Waals surface area (Å²) in [7, 11) is 0. The number of anilines is 2. The second-order valence-corrected chi connectivity index (χ2v) is 6.05. The van der Waals surface area contributed by atoms with Crippen molar-refractivity contribution in [3.05, 3.63) is 46.5 Å². The molecule has 6 nitrogen and oxygen atoms in total. The van der Waals surface area contributed by atoms with Crippen molar-refractivity contribution in [1.29, 1.82) is 10.5 Å². The van der Waals surface area contributed by atoms with Crippen LogP contribution in [0.15, 0.2) is 29.3 Å². The Labute approximate surface area is 144 Å². The van der Waals surface area contributed by atoms with Crippen LogP contribution in [-0.2, 0) is 4.79 Å². The van der Waals surface area contributed by atoms with Crippen LogP contribution in [0.1, 0.15) is 22.3 Å². The Kier molecular flexibility index (Phi) is 5.41. The summed E-state index contributed by atoms with van der Waals surface area (Å²) in [6.45, 7) is 3.91. The smallest absolute Gasteiger partial charge is 0.234 e. The Bertz CT molecular complexity index is 880. The molecule has 3 N–H and O–H groups in total. The highest BCUT2D eigenvalue weighted by atomic mass is 32.2. The average molecular weight is 337 g/mol. The van der Waals surface area contributed by atoms with Crippen LogP contribution in [0.5, 0.6) is 0 Å². The molecule has 1 amide bonds. The van der Waals surface area contributed by atoms with Crippen LogP contribution in [0.4, 0.5) is 11.5 Å². The molecule has 2 aromatic rings. The molecular weight excluding hydrogens is 322 g/mol. The van der Waals surface area contributed by atoms with Gasteiger partial charge in [-0.25, -0.2) is 4.98 Å². The molecule has 120 valence electrons. The molecular formula is C17H15N5OS. The zero-order chi connectivity index (χ0) is 17.7. The predicted molar refractivity (Wildman–Crippen MR) is 93.3 cm³/mol. The molecule has 1 aromatic carbocycles. The minimum absolute atomic E-state index is 0.0499. The van der Waals surface area contributed by atoms with Crippen molar-refractivity contribution in [3.8, 4) is 12.1 Å². The third-order valence-corrected chi connectivity index (χ3v) is 4.47. The van der Waals surface area contributed by atoms with Gasteiger partial charge in [-0.05, 0) is 37.1 Å². The monoisotopic (exact) mass is 337 g/mol. The predicted octanol–water partition coefficient (Wildman–Crippen LogP) is 2.75. The lowest BCUT2D eigenvalue weighted by Gasteiger charge is -2.10. The van der Waals surface area contributed by atoms with Crippen molar-refractivity contribution < 1.29 is 4.79 Å². The number of benzene rings is 1. The first-order chi connectivity index (χ1) is 11.5. The fraction of sp³-hybridized carbons (Fsp3) is 0.176. The molecule has 0 atom stereocenters. The molecule has 7 heteroatoms. The molecule has 0 fully saturated rings. The van der Waals surface area contributed by atoms with Crippen LogP contribution < -0.4 is 11.1 Å². The fourth-order valence-electron chi connectivity index (χ4n) is 2.00. The van der Waals surface area contributed by atoms with Crippen LogP contribution in [-0.4, -0.2) is 16.6 Å². The molecule has 0 bridgehead atoms. The summed E-state index contributed by atoms with van der Waals surface area (Å²) >= 11 is 1.11. The molecule has 0 saturated carbocycles. The molecule has 24 heavy (non-hydrogen) atoms. The van der Waals surface area contributed by atoms with Gasteiger partial charge in [0.15, 0.2) is 0 Å². The molecule has 0 spiro atoms. The van der Waals surface area contributed by atoms with Gasteiger partial charge in [-0.1, -0.05) is 23.9 Å². The maximum atomic E-state index is 12.1. The average Bonchev–Trinajstić information content (AvgIpc) is 2.57. The highest BCUT2D eigenvalue weighted by Crippen LogP contribution is 2.24. The number of carbonyl (C=O) groups excluding carboxylic acids is 1. The van der Waals surface area contributed by atoms with Gasteiger partial charge in [0, 0.05) is 5.69 Å². The van der Waals surface area contributed by atoms with Crippen LogP contribution in [0, 0.1) is 36.5 Å². The van der Waals surface area contributed by atoms with Gasteiger partial charge in [0.2, 0.25) is 5.91 Å². The minimum Gasteiger partial charge on any atom is -0.383 e. The molecule has 2 rings (SSSR count). The van der Waals surface area contributed by atoms with E-state index in [1.807, 2.05) is 44.2 Å². The van der Waals surface area contributed by atoms with Crippen molar-refractivity contribution in [2.24, 2.45) is 0 Å². The first-order valence-electron chi connectivity index (χ1n) is 7.05. The lowest BCUT2D eigenvalue weighted by Crippen LogP contribution is -2.15. The van der Waals surface area contributed by atoms with Crippen molar-refractivity contribution in [3.63, 3.8) is 0 Å². The van der Waals surface area contributed by atoms with Crippen LogP contribution >= 0.6 is 11.8 Å². The van der Waals surface area contributed by atoms with E-state index in [0.717, 1.165) is 28.6 Å². The van der Waals surface area contributed by atoms with Crippen LogP contribution in [0.3, 0.4) is 0 Å². The molecule has 0 aliphatic rings. The number of pyridine rings is 1. The molecule has 1 heterocycles. The van der Waals surface area contributed by atoms with Crippen molar-refractivity contribution >= 4 is 29.2 Å². The largest absolute Gasteiger partial charge is 0.383 e. The number of nitriles is 2. The fourth-order valence-corrected chi connectivity index (χ4v) is 2.76. The highest BCUT2D eigenvalue weighted by Gasteiger charge is 2.13. The number of nitrogen functional groups attached to an aromatic ring is 1. The topological polar surface area (TPSA) is 116 Å². The summed E-state index contributed by atoms with van der Waals surface area (Å²) in [6.07, 6.45) is 0. The second-order valence-electron chi connectivity index (χ2n) is 5.08. The second kappa shape index (κ2) is 7.49. The summed E-state index contributed by atoms with van der Waals surface area (Å²) in [5.74, 6) is -0.0725.